The molecule has 0 amide bonds. The average molecular weight is 237 g/mol. The van der Waals surface area contributed by atoms with Gasteiger partial charge in [-0.2, -0.15) is 0 Å². The van der Waals surface area contributed by atoms with Gasteiger partial charge >= 0.3 is 0 Å². The summed E-state index contributed by atoms with van der Waals surface area (Å²) in [5, 5.41) is 13.2. The maximum Gasteiger partial charge on any atom is 0.127 e. The second-order valence-electron chi connectivity index (χ2n) is 4.87. The van der Waals surface area contributed by atoms with Gasteiger partial charge in [0.25, 0.3) is 0 Å². The Morgan fingerprint density at radius 2 is 2.00 bits per heavy atom. The van der Waals surface area contributed by atoms with E-state index in [0.29, 0.717) is 5.56 Å². The highest BCUT2D eigenvalue weighted by atomic mass is 19.1. The van der Waals surface area contributed by atoms with Gasteiger partial charge in [-0.05, 0) is 25.8 Å². The van der Waals surface area contributed by atoms with Crippen molar-refractivity contribution in [1.29, 1.82) is 0 Å². The summed E-state index contributed by atoms with van der Waals surface area (Å²) >= 11 is 0. The summed E-state index contributed by atoms with van der Waals surface area (Å²) in [5.41, 5.74) is 0.672. The molecule has 0 radical (unpaired) electrons. The van der Waals surface area contributed by atoms with Crippen LogP contribution in [0.25, 0.3) is 0 Å². The Labute approximate surface area is 102 Å². The first-order chi connectivity index (χ1) is 8.18. The highest BCUT2D eigenvalue weighted by Crippen LogP contribution is 2.23. The van der Waals surface area contributed by atoms with Crippen LogP contribution in [0.4, 0.5) is 4.39 Å². The minimum absolute atomic E-state index is 0.0612. The van der Waals surface area contributed by atoms with E-state index in [1.165, 1.54) is 6.07 Å². The van der Waals surface area contributed by atoms with Crippen LogP contribution in [0.1, 0.15) is 44.2 Å². The summed E-state index contributed by atoms with van der Waals surface area (Å²) < 4.78 is 13.6. The molecule has 0 unspecified atom stereocenters. The van der Waals surface area contributed by atoms with Gasteiger partial charge in [-0.3, -0.25) is 0 Å². The molecule has 1 fully saturated rings. The van der Waals surface area contributed by atoms with Crippen LogP contribution in [0.3, 0.4) is 0 Å². The third kappa shape index (κ3) is 3.05. The van der Waals surface area contributed by atoms with Crippen LogP contribution in [-0.2, 0) is 0 Å². The van der Waals surface area contributed by atoms with E-state index in [2.05, 4.69) is 5.32 Å². The van der Waals surface area contributed by atoms with Crippen molar-refractivity contribution in [3.63, 3.8) is 0 Å². The summed E-state index contributed by atoms with van der Waals surface area (Å²) in [6.07, 6.45) is 3.76. The fraction of sp³-hybridized carbons (Fsp3) is 0.571. The van der Waals surface area contributed by atoms with Crippen LogP contribution in [0.5, 0.6) is 0 Å². The lowest BCUT2D eigenvalue weighted by molar-refractivity contribution is 0.0857. The average Bonchev–Trinajstić information content (AvgIpc) is 2.32. The first-order valence-corrected chi connectivity index (χ1v) is 6.37. The lowest BCUT2D eigenvalue weighted by atomic mass is 9.91. The Bertz CT molecular complexity index is 369. The predicted molar refractivity (Wildman–Crippen MR) is 66.2 cm³/mol. The highest BCUT2D eigenvalue weighted by Gasteiger charge is 2.24. The maximum atomic E-state index is 13.6. The molecule has 0 bridgehead atoms. The van der Waals surface area contributed by atoms with E-state index in [1.54, 1.807) is 12.1 Å². The van der Waals surface area contributed by atoms with Gasteiger partial charge in [0.15, 0.2) is 0 Å². The van der Waals surface area contributed by atoms with E-state index in [1.807, 2.05) is 13.0 Å². The van der Waals surface area contributed by atoms with Gasteiger partial charge in [0, 0.05) is 17.6 Å². The van der Waals surface area contributed by atoms with Crippen LogP contribution >= 0.6 is 0 Å². The molecule has 0 heterocycles. The summed E-state index contributed by atoms with van der Waals surface area (Å²) in [6, 6.07) is 6.84. The van der Waals surface area contributed by atoms with E-state index >= 15 is 0 Å². The number of rotatable bonds is 3. The number of halogens is 1. The third-order valence-corrected chi connectivity index (χ3v) is 3.57. The lowest BCUT2D eigenvalue weighted by Gasteiger charge is -2.31. The van der Waals surface area contributed by atoms with Gasteiger partial charge in [0.1, 0.15) is 5.82 Å². The number of aliphatic hydroxyl groups excluding tert-OH is 1. The molecular formula is C14H20FNO. The molecule has 0 saturated heterocycles. The standard InChI is InChI=1S/C14H20FNO/c1-10(11-6-2-3-7-12(11)15)16-13-8-4-5-9-14(13)17/h2-3,6-7,10,13-14,16-17H,4-5,8-9H2,1H3/t10-,13+,14+/m1/s1. The first kappa shape index (κ1) is 12.5. The Kier molecular flexibility index (Phi) is 4.13. The largest absolute Gasteiger partial charge is 0.392 e. The van der Waals surface area contributed by atoms with E-state index in [0.717, 1.165) is 25.7 Å². The molecule has 94 valence electrons. The molecule has 1 aromatic carbocycles. The van der Waals surface area contributed by atoms with E-state index in [4.69, 9.17) is 0 Å². The fourth-order valence-electron chi connectivity index (χ4n) is 2.54. The van der Waals surface area contributed by atoms with Gasteiger partial charge in [0.05, 0.1) is 6.10 Å². The Morgan fingerprint density at radius 3 is 2.71 bits per heavy atom. The summed E-state index contributed by atoms with van der Waals surface area (Å²) in [6.45, 7) is 1.94. The van der Waals surface area contributed by atoms with Crippen LogP contribution < -0.4 is 5.32 Å². The molecule has 0 spiro atoms. The Hall–Kier alpha value is -0.930. The molecule has 1 aromatic rings. The van der Waals surface area contributed by atoms with Crippen molar-refractivity contribution in [3.8, 4) is 0 Å². The van der Waals surface area contributed by atoms with Gasteiger partial charge < -0.3 is 10.4 Å². The van der Waals surface area contributed by atoms with E-state index < -0.39 is 0 Å². The van der Waals surface area contributed by atoms with Crippen molar-refractivity contribution >= 4 is 0 Å². The molecule has 1 saturated carbocycles. The lowest BCUT2D eigenvalue weighted by Crippen LogP contribution is -2.43. The summed E-state index contributed by atoms with van der Waals surface area (Å²) in [7, 11) is 0. The predicted octanol–water partition coefficient (Wildman–Crippen LogP) is 2.78. The summed E-state index contributed by atoms with van der Waals surface area (Å²) in [4.78, 5) is 0. The molecule has 1 aliphatic carbocycles. The monoisotopic (exact) mass is 237 g/mol. The highest BCUT2D eigenvalue weighted by molar-refractivity contribution is 5.20. The molecule has 0 aromatic heterocycles. The van der Waals surface area contributed by atoms with Gasteiger partial charge in [-0.25, -0.2) is 4.39 Å². The zero-order valence-corrected chi connectivity index (χ0v) is 10.2. The van der Waals surface area contributed by atoms with Gasteiger partial charge in [-0.15, -0.1) is 0 Å². The van der Waals surface area contributed by atoms with Crippen LogP contribution in [0.15, 0.2) is 24.3 Å². The zero-order valence-electron chi connectivity index (χ0n) is 10.2. The second kappa shape index (κ2) is 5.61. The van der Waals surface area contributed by atoms with Crippen LogP contribution in [-0.4, -0.2) is 17.3 Å². The SMILES string of the molecule is C[C@@H](N[C@H]1CCCC[C@@H]1O)c1ccccc1F. The van der Waals surface area contributed by atoms with E-state index in [9.17, 15) is 9.50 Å². The van der Waals surface area contributed by atoms with Crippen LogP contribution in [0.2, 0.25) is 0 Å². The minimum Gasteiger partial charge on any atom is -0.392 e. The molecule has 1 aliphatic rings. The van der Waals surface area contributed by atoms with Gasteiger partial charge in [-0.1, -0.05) is 31.0 Å². The normalized spacial score (nSPS) is 26.8. The number of aliphatic hydroxyl groups is 1. The molecule has 3 heteroatoms. The maximum absolute atomic E-state index is 13.6. The number of nitrogens with one attached hydrogen (secondary N) is 1. The number of hydrogen-bond acceptors (Lipinski definition) is 2. The molecule has 2 N–H and O–H groups in total. The van der Waals surface area contributed by atoms with Crippen LogP contribution in [0, 0.1) is 5.82 Å². The smallest absolute Gasteiger partial charge is 0.127 e. The second-order valence-corrected chi connectivity index (χ2v) is 4.87. The molecule has 17 heavy (non-hydrogen) atoms. The molecule has 2 nitrogen and oxygen atoms in total. The van der Waals surface area contributed by atoms with Crippen molar-refractivity contribution in [2.45, 2.75) is 50.8 Å². The van der Waals surface area contributed by atoms with E-state index in [-0.39, 0.29) is 24.0 Å². The Balaban J connectivity index is 2.01. The first-order valence-electron chi connectivity index (χ1n) is 6.37. The molecule has 3 atom stereocenters. The van der Waals surface area contributed by atoms with Crippen molar-refractivity contribution in [1.82, 2.24) is 5.32 Å². The summed E-state index contributed by atoms with van der Waals surface area (Å²) in [5.74, 6) is -0.183. The molecule has 0 aliphatic heterocycles. The third-order valence-electron chi connectivity index (χ3n) is 3.57. The van der Waals surface area contributed by atoms with Crippen molar-refractivity contribution in [3.05, 3.63) is 35.6 Å². The van der Waals surface area contributed by atoms with Gasteiger partial charge in [0.2, 0.25) is 0 Å². The topological polar surface area (TPSA) is 32.3 Å². The Morgan fingerprint density at radius 1 is 1.29 bits per heavy atom. The minimum atomic E-state index is -0.294. The number of benzene rings is 1. The van der Waals surface area contributed by atoms with Crippen molar-refractivity contribution in [2.75, 3.05) is 0 Å². The van der Waals surface area contributed by atoms with Crippen molar-refractivity contribution in [2.24, 2.45) is 0 Å². The fourth-order valence-corrected chi connectivity index (χ4v) is 2.54. The number of hydrogen-bond donors (Lipinski definition) is 2. The molecule has 2 rings (SSSR count). The van der Waals surface area contributed by atoms with Crippen molar-refractivity contribution < 1.29 is 9.50 Å². The molecular weight excluding hydrogens is 217 g/mol. The zero-order chi connectivity index (χ0) is 12.3. The quantitative estimate of drug-likeness (QED) is 0.847.